The Labute approximate surface area is 85.2 Å². The predicted molar refractivity (Wildman–Crippen MR) is 55.0 cm³/mol. The lowest BCUT2D eigenvalue weighted by Gasteiger charge is -2.21. The number of carbonyl (C=O) groups excluding carboxylic acids is 1. The Morgan fingerprint density at radius 2 is 2.14 bits per heavy atom. The Bertz CT molecular complexity index is 310. The van der Waals surface area contributed by atoms with Crippen LogP contribution in [0, 0.1) is 0 Å². The molecule has 14 heavy (non-hydrogen) atoms. The number of hydrogen-bond acceptors (Lipinski definition) is 4. The fourth-order valence-corrected chi connectivity index (χ4v) is 2.35. The average Bonchev–Trinajstić information content (AvgIpc) is 2.46. The molecule has 0 aromatic rings. The maximum Gasteiger partial charge on any atom is 0.149 e. The molecule has 1 atom stereocenters. The van der Waals surface area contributed by atoms with Crippen LogP contribution in [0.5, 0.6) is 0 Å². The van der Waals surface area contributed by atoms with Crippen molar-refractivity contribution in [2.45, 2.75) is 25.3 Å². The fourth-order valence-electron chi connectivity index (χ4n) is 1.73. The second kappa shape index (κ2) is 4.40. The summed E-state index contributed by atoms with van der Waals surface area (Å²) < 4.78 is 21.8. The van der Waals surface area contributed by atoms with Crippen molar-refractivity contribution in [3.63, 3.8) is 0 Å². The third kappa shape index (κ3) is 3.38. The van der Waals surface area contributed by atoms with Gasteiger partial charge in [-0.25, -0.2) is 8.42 Å². The van der Waals surface area contributed by atoms with Gasteiger partial charge in [-0.05, 0) is 19.9 Å². The third-order valence-corrected chi connectivity index (χ3v) is 3.54. The molecular formula is C9H17NO3S. The molecular weight excluding hydrogens is 202 g/mol. The number of rotatable bonds is 4. The quantitative estimate of drug-likeness (QED) is 0.672. The topological polar surface area (TPSA) is 54.5 Å². The molecule has 0 heterocycles. The first-order valence-corrected chi connectivity index (χ1v) is 6.87. The summed E-state index contributed by atoms with van der Waals surface area (Å²) in [7, 11) is -1.10. The number of hydrogen-bond donors (Lipinski definition) is 0. The van der Waals surface area contributed by atoms with Crippen molar-refractivity contribution in [1.29, 1.82) is 0 Å². The summed E-state index contributed by atoms with van der Waals surface area (Å²) in [6, 6.07) is -0.0447. The Balaban J connectivity index is 2.42. The van der Waals surface area contributed by atoms with Crippen LogP contribution in [0.4, 0.5) is 0 Å². The van der Waals surface area contributed by atoms with Crippen molar-refractivity contribution < 1.29 is 13.2 Å². The zero-order valence-electron chi connectivity index (χ0n) is 8.69. The minimum Gasteiger partial charge on any atom is -0.298 e. The Hall–Kier alpha value is -0.420. The minimum atomic E-state index is -2.92. The Kier molecular flexibility index (Phi) is 3.66. The fraction of sp³-hybridized carbons (Fsp3) is 0.889. The first-order valence-electron chi connectivity index (χ1n) is 4.81. The van der Waals surface area contributed by atoms with Gasteiger partial charge in [0.05, 0.1) is 11.8 Å². The van der Waals surface area contributed by atoms with Crippen LogP contribution < -0.4 is 0 Å². The molecule has 1 unspecified atom stereocenters. The Morgan fingerprint density at radius 1 is 1.50 bits per heavy atom. The predicted octanol–water partition coefficient (Wildman–Crippen LogP) is 0.0844. The summed E-state index contributed by atoms with van der Waals surface area (Å²) in [5, 5.41) is 0. The van der Waals surface area contributed by atoms with Crippen LogP contribution >= 0.6 is 0 Å². The van der Waals surface area contributed by atoms with Crippen LogP contribution in [0.1, 0.15) is 19.3 Å². The molecule has 0 saturated heterocycles. The van der Waals surface area contributed by atoms with Gasteiger partial charge in [-0.3, -0.25) is 9.69 Å². The van der Waals surface area contributed by atoms with E-state index in [1.807, 2.05) is 11.9 Å². The number of Topliss-reactive ketones (excluding diaryl/α,β-unsaturated/α-hetero) is 1. The number of carbonyl (C=O) groups is 1. The van der Waals surface area contributed by atoms with Gasteiger partial charge in [-0.1, -0.05) is 0 Å². The Morgan fingerprint density at radius 3 is 2.57 bits per heavy atom. The lowest BCUT2D eigenvalue weighted by molar-refractivity contribution is -0.121. The van der Waals surface area contributed by atoms with Crippen molar-refractivity contribution in [3.8, 4) is 0 Å². The van der Waals surface area contributed by atoms with Crippen LogP contribution in [0.2, 0.25) is 0 Å². The van der Waals surface area contributed by atoms with Gasteiger partial charge in [0, 0.05) is 19.2 Å². The maximum absolute atomic E-state index is 11.3. The summed E-state index contributed by atoms with van der Waals surface area (Å²) in [4.78, 5) is 13.2. The molecule has 0 spiro atoms. The van der Waals surface area contributed by atoms with E-state index in [1.54, 1.807) is 0 Å². The summed E-state index contributed by atoms with van der Waals surface area (Å²) in [6.45, 7) is 0.454. The molecule has 0 amide bonds. The van der Waals surface area contributed by atoms with Gasteiger partial charge in [-0.2, -0.15) is 0 Å². The average molecular weight is 219 g/mol. The number of ketones is 1. The van der Waals surface area contributed by atoms with Gasteiger partial charge >= 0.3 is 0 Å². The zero-order chi connectivity index (χ0) is 10.8. The van der Waals surface area contributed by atoms with E-state index in [4.69, 9.17) is 0 Å². The minimum absolute atomic E-state index is 0.0447. The molecule has 0 aromatic carbocycles. The van der Waals surface area contributed by atoms with Gasteiger partial charge in [0.2, 0.25) is 0 Å². The first kappa shape index (κ1) is 11.7. The standard InChI is InChI=1S/C9H17NO3S/c1-10(6-7-14(2,12)13)8-4-3-5-9(8)11/h8H,3-7H2,1-2H3. The first-order chi connectivity index (χ1) is 6.40. The van der Waals surface area contributed by atoms with E-state index in [9.17, 15) is 13.2 Å². The van der Waals surface area contributed by atoms with Crippen molar-refractivity contribution in [3.05, 3.63) is 0 Å². The molecule has 0 bridgehead atoms. The highest BCUT2D eigenvalue weighted by Crippen LogP contribution is 2.18. The molecule has 0 N–H and O–H groups in total. The summed E-state index contributed by atoms with van der Waals surface area (Å²) in [6.07, 6.45) is 3.68. The van der Waals surface area contributed by atoms with E-state index in [1.165, 1.54) is 6.26 Å². The van der Waals surface area contributed by atoms with Crippen molar-refractivity contribution in [2.24, 2.45) is 0 Å². The lowest BCUT2D eigenvalue weighted by atomic mass is 10.2. The molecule has 5 heteroatoms. The van der Waals surface area contributed by atoms with E-state index in [2.05, 4.69) is 0 Å². The largest absolute Gasteiger partial charge is 0.298 e. The molecule has 0 radical (unpaired) electrons. The highest BCUT2D eigenvalue weighted by molar-refractivity contribution is 7.90. The van der Waals surface area contributed by atoms with Crippen LogP contribution in [0.15, 0.2) is 0 Å². The molecule has 1 rings (SSSR count). The molecule has 82 valence electrons. The van der Waals surface area contributed by atoms with Crippen molar-refractivity contribution in [2.75, 3.05) is 25.6 Å². The summed E-state index contributed by atoms with van der Waals surface area (Å²) in [5.41, 5.74) is 0. The van der Waals surface area contributed by atoms with Crippen LogP contribution in [-0.2, 0) is 14.6 Å². The third-order valence-electron chi connectivity index (χ3n) is 2.62. The van der Waals surface area contributed by atoms with Gasteiger partial charge in [0.1, 0.15) is 15.6 Å². The molecule has 4 nitrogen and oxygen atoms in total. The van der Waals surface area contributed by atoms with Gasteiger partial charge in [0.15, 0.2) is 0 Å². The van der Waals surface area contributed by atoms with Gasteiger partial charge in [0.25, 0.3) is 0 Å². The SMILES string of the molecule is CN(CCS(C)(=O)=O)C1CCCC1=O. The summed E-state index contributed by atoms with van der Waals surface area (Å²) in [5.74, 6) is 0.383. The summed E-state index contributed by atoms with van der Waals surface area (Å²) >= 11 is 0. The zero-order valence-corrected chi connectivity index (χ0v) is 9.51. The molecule has 0 aliphatic heterocycles. The highest BCUT2D eigenvalue weighted by Gasteiger charge is 2.27. The number of sulfone groups is 1. The second-order valence-corrected chi connectivity index (χ2v) is 6.24. The number of likely N-dealkylation sites (N-methyl/N-ethyl adjacent to an activating group) is 1. The molecule has 1 saturated carbocycles. The van der Waals surface area contributed by atoms with Crippen LogP contribution in [0.25, 0.3) is 0 Å². The molecule has 1 aliphatic carbocycles. The maximum atomic E-state index is 11.3. The second-order valence-electron chi connectivity index (χ2n) is 3.98. The van der Waals surface area contributed by atoms with E-state index in [0.29, 0.717) is 13.0 Å². The smallest absolute Gasteiger partial charge is 0.149 e. The van der Waals surface area contributed by atoms with Gasteiger partial charge < -0.3 is 0 Å². The van der Waals surface area contributed by atoms with E-state index in [-0.39, 0.29) is 17.6 Å². The number of nitrogens with zero attached hydrogens (tertiary/aromatic N) is 1. The van der Waals surface area contributed by atoms with Crippen LogP contribution in [0.3, 0.4) is 0 Å². The van der Waals surface area contributed by atoms with Crippen molar-refractivity contribution in [1.82, 2.24) is 4.90 Å². The lowest BCUT2D eigenvalue weighted by Crippen LogP contribution is -2.37. The normalized spacial score (nSPS) is 23.4. The van der Waals surface area contributed by atoms with Crippen molar-refractivity contribution >= 4 is 15.6 Å². The molecule has 1 aliphatic rings. The monoisotopic (exact) mass is 219 g/mol. The molecule has 0 aromatic heterocycles. The van der Waals surface area contributed by atoms with E-state index < -0.39 is 9.84 Å². The molecule has 1 fully saturated rings. The van der Waals surface area contributed by atoms with Gasteiger partial charge in [-0.15, -0.1) is 0 Å². The highest BCUT2D eigenvalue weighted by atomic mass is 32.2. The van der Waals surface area contributed by atoms with E-state index in [0.717, 1.165) is 12.8 Å². The van der Waals surface area contributed by atoms with Crippen LogP contribution in [-0.4, -0.2) is 50.7 Å². The van der Waals surface area contributed by atoms with E-state index >= 15 is 0 Å².